The molecule has 3 aromatic rings. The third-order valence-electron chi connectivity index (χ3n) is 6.08. The molecular weight excluding hydrogens is 518 g/mol. The van der Waals surface area contributed by atoms with Crippen LogP contribution >= 0.6 is 0 Å². The van der Waals surface area contributed by atoms with Crippen molar-refractivity contribution in [3.05, 3.63) is 71.8 Å². The smallest absolute Gasteiger partial charge is 0.243 e. The Morgan fingerprint density at radius 1 is 1.03 bits per heavy atom. The number of hydrogen-bond donors (Lipinski definition) is 5. The van der Waals surface area contributed by atoms with Gasteiger partial charge in [0.2, 0.25) is 26.0 Å². The number of benzene rings is 3. The normalized spacial score (nSPS) is 12.8. The molecule has 0 radical (unpaired) electrons. The highest BCUT2D eigenvalue weighted by atomic mass is 32.2. The van der Waals surface area contributed by atoms with Gasteiger partial charge in [-0.1, -0.05) is 36.4 Å². The molecule has 0 saturated carbocycles. The van der Waals surface area contributed by atoms with Crippen molar-refractivity contribution in [3.63, 3.8) is 0 Å². The fourth-order valence-corrected chi connectivity index (χ4v) is 5.22. The average Bonchev–Trinajstić information content (AvgIpc) is 2.84. The lowest BCUT2D eigenvalue weighted by molar-refractivity contribution is -0.119. The van der Waals surface area contributed by atoms with Gasteiger partial charge in [-0.3, -0.25) is 15.5 Å². The Balaban J connectivity index is 1.90. The van der Waals surface area contributed by atoms with Crippen molar-refractivity contribution in [2.24, 2.45) is 5.14 Å². The first-order valence-corrected chi connectivity index (χ1v) is 14.4. The van der Waals surface area contributed by atoms with E-state index in [1.54, 1.807) is 55.5 Å². The summed E-state index contributed by atoms with van der Waals surface area (Å²) < 4.78 is 49.5. The van der Waals surface area contributed by atoms with Crippen LogP contribution in [0.15, 0.2) is 65.6 Å². The van der Waals surface area contributed by atoms with E-state index in [9.17, 15) is 26.8 Å². The van der Waals surface area contributed by atoms with Crippen molar-refractivity contribution >= 4 is 43.0 Å². The summed E-state index contributed by atoms with van der Waals surface area (Å²) in [6.45, 7) is 1.71. The molecule has 0 heterocycles. The molecule has 0 bridgehead atoms. The minimum Gasteiger partial charge on any atom is -0.397 e. The summed E-state index contributed by atoms with van der Waals surface area (Å²) in [6, 6.07) is 14.8. The number of carbonyl (C=O) groups is 1. The van der Waals surface area contributed by atoms with E-state index in [1.165, 1.54) is 19.2 Å². The number of nitrogens with zero attached hydrogens (tertiary/aromatic N) is 1. The van der Waals surface area contributed by atoms with E-state index in [2.05, 4.69) is 5.32 Å². The summed E-state index contributed by atoms with van der Waals surface area (Å²) in [5.74, 6) is -0.576. The third-order valence-corrected chi connectivity index (χ3v) is 8.35. The molecule has 0 saturated heterocycles. The third kappa shape index (κ3) is 6.45. The SMILES string of the molecule is Cc1c(C[C@@H](C(=O)Nc2ccc(-c3ccccc3S(N)(=O)=O)cc2)N(C)S(C)(=O)=O)ccc(NO)c1N. The van der Waals surface area contributed by atoms with Gasteiger partial charge in [0.15, 0.2) is 0 Å². The number of primary sulfonamides is 1. The molecule has 198 valence electrons. The Morgan fingerprint density at radius 3 is 2.22 bits per heavy atom. The molecule has 1 atom stereocenters. The van der Waals surface area contributed by atoms with E-state index in [4.69, 9.17) is 10.9 Å². The second-order valence-electron chi connectivity index (χ2n) is 8.53. The molecule has 0 fully saturated rings. The van der Waals surface area contributed by atoms with Gasteiger partial charge in [-0.2, -0.15) is 4.31 Å². The first-order chi connectivity index (χ1) is 17.2. The summed E-state index contributed by atoms with van der Waals surface area (Å²) in [4.78, 5) is 13.2. The van der Waals surface area contributed by atoms with Crippen LogP contribution in [-0.4, -0.2) is 51.6 Å². The van der Waals surface area contributed by atoms with Crippen LogP contribution in [0, 0.1) is 6.92 Å². The maximum atomic E-state index is 13.3. The fourth-order valence-electron chi connectivity index (χ4n) is 3.83. The van der Waals surface area contributed by atoms with Crippen molar-refractivity contribution in [2.75, 3.05) is 29.8 Å². The molecule has 1 amide bonds. The zero-order valence-electron chi connectivity index (χ0n) is 20.5. The van der Waals surface area contributed by atoms with Gasteiger partial charge in [0.1, 0.15) is 6.04 Å². The van der Waals surface area contributed by atoms with Gasteiger partial charge in [0, 0.05) is 18.3 Å². The lowest BCUT2D eigenvalue weighted by Gasteiger charge is -2.26. The lowest BCUT2D eigenvalue weighted by Crippen LogP contribution is -2.46. The van der Waals surface area contributed by atoms with Gasteiger partial charge >= 0.3 is 0 Å². The standard InChI is InChI=1S/C24H29N5O6S2/c1-15-17(10-13-20(28-31)23(15)25)14-21(29(2)36(3,32)33)24(30)27-18-11-8-16(9-12-18)19-6-4-5-7-22(19)37(26,34)35/h4-13,21,28,31H,14,25H2,1-3H3,(H,27,30)(H2,26,34,35)/t21-/m0/s1. The van der Waals surface area contributed by atoms with Crippen LogP contribution in [0.25, 0.3) is 11.1 Å². The predicted octanol–water partition coefficient (Wildman–Crippen LogP) is 2.13. The van der Waals surface area contributed by atoms with E-state index < -0.39 is 32.0 Å². The maximum Gasteiger partial charge on any atom is 0.243 e. The monoisotopic (exact) mass is 547 g/mol. The number of nitrogen functional groups attached to an aromatic ring is 1. The molecular formula is C24H29N5O6S2. The maximum absolute atomic E-state index is 13.3. The molecule has 7 N–H and O–H groups in total. The van der Waals surface area contributed by atoms with Crippen LogP contribution in [0.1, 0.15) is 11.1 Å². The van der Waals surface area contributed by atoms with Gasteiger partial charge in [-0.25, -0.2) is 22.0 Å². The second-order valence-corrected chi connectivity index (χ2v) is 12.1. The number of amides is 1. The zero-order valence-corrected chi connectivity index (χ0v) is 22.1. The van der Waals surface area contributed by atoms with E-state index in [0.717, 1.165) is 10.6 Å². The quantitative estimate of drug-likeness (QED) is 0.199. The Kier molecular flexibility index (Phi) is 8.25. The number of sulfonamides is 2. The van der Waals surface area contributed by atoms with Gasteiger partial charge in [0.05, 0.1) is 22.5 Å². The van der Waals surface area contributed by atoms with Crippen LogP contribution in [0.2, 0.25) is 0 Å². The number of likely N-dealkylation sites (N-methyl/N-ethyl adjacent to an activating group) is 1. The Bertz CT molecular complexity index is 1520. The summed E-state index contributed by atoms with van der Waals surface area (Å²) >= 11 is 0. The molecule has 0 aliphatic rings. The highest BCUT2D eigenvalue weighted by Gasteiger charge is 2.30. The van der Waals surface area contributed by atoms with E-state index in [1.807, 2.05) is 5.48 Å². The van der Waals surface area contributed by atoms with Gasteiger partial charge in [0.25, 0.3) is 0 Å². The van der Waals surface area contributed by atoms with Crippen molar-refractivity contribution in [3.8, 4) is 11.1 Å². The van der Waals surface area contributed by atoms with Gasteiger partial charge in [-0.05, 0) is 54.3 Å². The molecule has 0 aliphatic carbocycles. The molecule has 3 aromatic carbocycles. The number of rotatable bonds is 9. The number of hydrogen-bond acceptors (Lipinski definition) is 8. The average molecular weight is 548 g/mol. The van der Waals surface area contributed by atoms with Crippen molar-refractivity contribution in [1.29, 1.82) is 0 Å². The van der Waals surface area contributed by atoms with Crippen molar-refractivity contribution in [1.82, 2.24) is 4.31 Å². The van der Waals surface area contributed by atoms with Gasteiger partial charge < -0.3 is 11.1 Å². The summed E-state index contributed by atoms with van der Waals surface area (Å²) in [5, 5.41) is 17.2. The van der Waals surface area contributed by atoms with Crippen LogP contribution < -0.4 is 21.7 Å². The molecule has 3 rings (SSSR count). The fraction of sp³-hybridized carbons (Fsp3) is 0.208. The summed E-state index contributed by atoms with van der Waals surface area (Å²) in [5.41, 5.74) is 11.2. The molecule has 0 unspecified atom stereocenters. The summed E-state index contributed by atoms with van der Waals surface area (Å²) in [7, 11) is -6.37. The van der Waals surface area contributed by atoms with Gasteiger partial charge in [-0.15, -0.1) is 0 Å². The van der Waals surface area contributed by atoms with Crippen LogP contribution in [0.4, 0.5) is 17.1 Å². The lowest BCUT2D eigenvalue weighted by atomic mass is 9.98. The summed E-state index contributed by atoms with van der Waals surface area (Å²) in [6.07, 6.45) is 1.03. The number of nitrogens with one attached hydrogen (secondary N) is 2. The van der Waals surface area contributed by atoms with E-state index in [0.29, 0.717) is 33.6 Å². The highest BCUT2D eigenvalue weighted by molar-refractivity contribution is 7.89. The Hall–Kier alpha value is -3.49. The predicted molar refractivity (Wildman–Crippen MR) is 143 cm³/mol. The molecule has 0 aromatic heterocycles. The zero-order chi connectivity index (χ0) is 27.5. The van der Waals surface area contributed by atoms with E-state index >= 15 is 0 Å². The number of nitrogens with two attached hydrogens (primary N) is 2. The first kappa shape index (κ1) is 28.1. The van der Waals surface area contributed by atoms with Crippen LogP contribution in [0.5, 0.6) is 0 Å². The second kappa shape index (κ2) is 10.9. The molecule has 13 heteroatoms. The number of carbonyl (C=O) groups excluding carboxylic acids is 1. The largest absolute Gasteiger partial charge is 0.397 e. The van der Waals surface area contributed by atoms with Crippen LogP contribution in [-0.2, 0) is 31.3 Å². The molecule has 0 spiro atoms. The minimum atomic E-state index is -3.95. The molecule has 11 nitrogen and oxygen atoms in total. The van der Waals surface area contributed by atoms with Crippen molar-refractivity contribution in [2.45, 2.75) is 24.3 Å². The van der Waals surface area contributed by atoms with E-state index in [-0.39, 0.29) is 17.0 Å². The molecule has 0 aliphatic heterocycles. The Morgan fingerprint density at radius 2 is 1.65 bits per heavy atom. The topological polar surface area (TPSA) is 185 Å². The van der Waals surface area contributed by atoms with Crippen molar-refractivity contribution < 1.29 is 26.8 Å². The first-order valence-electron chi connectivity index (χ1n) is 11.0. The van der Waals surface area contributed by atoms with Crippen LogP contribution in [0.3, 0.4) is 0 Å². The minimum absolute atomic E-state index is 0.0248. The highest BCUT2D eigenvalue weighted by Crippen LogP contribution is 2.29. The Labute approximate surface area is 216 Å². The molecule has 37 heavy (non-hydrogen) atoms. The number of anilines is 3.